The zero-order chi connectivity index (χ0) is 14.5. The molecule has 1 amide bonds. The number of benzene rings is 1. The fourth-order valence-electron chi connectivity index (χ4n) is 2.28. The molecular weight excluding hydrogens is 276 g/mol. The van der Waals surface area contributed by atoms with Crippen molar-refractivity contribution in [3.05, 3.63) is 23.2 Å². The van der Waals surface area contributed by atoms with Gasteiger partial charge in [-0.1, -0.05) is 25.4 Å². The van der Waals surface area contributed by atoms with Crippen LogP contribution in [-0.4, -0.2) is 32.1 Å². The van der Waals surface area contributed by atoms with Crippen LogP contribution in [0.4, 0.5) is 5.69 Å². The molecule has 5 heteroatoms. The van der Waals surface area contributed by atoms with Gasteiger partial charge in [0, 0.05) is 11.6 Å². The topological polar surface area (TPSA) is 41.6 Å². The summed E-state index contributed by atoms with van der Waals surface area (Å²) in [6.07, 6.45) is 1.11. The Balaban J connectivity index is 2.07. The molecule has 1 aliphatic rings. The number of ether oxygens (including phenoxy) is 1. The minimum Gasteiger partial charge on any atom is -0.482 e. The van der Waals surface area contributed by atoms with Crippen molar-refractivity contribution in [1.82, 2.24) is 5.32 Å². The Morgan fingerprint density at radius 3 is 3.05 bits per heavy atom. The van der Waals surface area contributed by atoms with Gasteiger partial charge < -0.3 is 15.0 Å². The predicted molar refractivity (Wildman–Crippen MR) is 81.6 cm³/mol. The highest BCUT2D eigenvalue weighted by molar-refractivity contribution is 6.31. The zero-order valence-corrected chi connectivity index (χ0v) is 12.7. The fraction of sp³-hybridized carbons (Fsp3) is 0.533. The lowest BCUT2D eigenvalue weighted by Crippen LogP contribution is -2.43. The summed E-state index contributed by atoms with van der Waals surface area (Å²) >= 11 is 6.02. The standard InChI is InChI=1S/C15H21ClN2O2/c1-3-6-17-8-11(2)9-18-13-7-12(16)4-5-14(13)20-10-15(18)19/h4-5,7,11,17H,3,6,8-10H2,1-2H3. The zero-order valence-electron chi connectivity index (χ0n) is 12.0. The monoisotopic (exact) mass is 296 g/mol. The van der Waals surface area contributed by atoms with Crippen LogP contribution in [0.15, 0.2) is 18.2 Å². The Kier molecular flexibility index (Phi) is 5.26. The number of fused-ring (bicyclic) bond motifs is 1. The molecule has 2 rings (SSSR count). The molecule has 1 atom stereocenters. The maximum absolute atomic E-state index is 12.1. The molecule has 1 N–H and O–H groups in total. The van der Waals surface area contributed by atoms with Crippen molar-refractivity contribution in [3.8, 4) is 5.75 Å². The average Bonchev–Trinajstić information content (AvgIpc) is 2.42. The van der Waals surface area contributed by atoms with Gasteiger partial charge in [-0.05, 0) is 43.6 Å². The number of hydrogen-bond acceptors (Lipinski definition) is 3. The van der Waals surface area contributed by atoms with E-state index in [1.807, 2.05) is 6.07 Å². The van der Waals surface area contributed by atoms with Crippen molar-refractivity contribution in [2.24, 2.45) is 5.92 Å². The fourth-order valence-corrected chi connectivity index (χ4v) is 2.44. The van der Waals surface area contributed by atoms with Crippen LogP contribution in [0.5, 0.6) is 5.75 Å². The summed E-state index contributed by atoms with van der Waals surface area (Å²) in [6.45, 7) is 6.95. The van der Waals surface area contributed by atoms with E-state index in [0.717, 1.165) is 30.9 Å². The van der Waals surface area contributed by atoms with Crippen LogP contribution in [0.2, 0.25) is 5.02 Å². The van der Waals surface area contributed by atoms with Crippen molar-refractivity contribution < 1.29 is 9.53 Å². The highest BCUT2D eigenvalue weighted by atomic mass is 35.5. The van der Waals surface area contributed by atoms with Crippen LogP contribution in [0, 0.1) is 5.92 Å². The Labute approximate surface area is 125 Å². The van der Waals surface area contributed by atoms with Gasteiger partial charge in [0.2, 0.25) is 0 Å². The molecule has 1 aromatic rings. The molecule has 110 valence electrons. The van der Waals surface area contributed by atoms with Crippen LogP contribution in [-0.2, 0) is 4.79 Å². The van der Waals surface area contributed by atoms with E-state index < -0.39 is 0 Å². The molecule has 0 spiro atoms. The second-order valence-electron chi connectivity index (χ2n) is 5.21. The van der Waals surface area contributed by atoms with Crippen molar-refractivity contribution >= 4 is 23.2 Å². The third kappa shape index (κ3) is 3.64. The van der Waals surface area contributed by atoms with Gasteiger partial charge in [-0.3, -0.25) is 4.79 Å². The summed E-state index contributed by atoms with van der Waals surface area (Å²) in [4.78, 5) is 13.9. The number of carbonyl (C=O) groups is 1. The van der Waals surface area contributed by atoms with Gasteiger partial charge in [-0.25, -0.2) is 0 Å². The van der Waals surface area contributed by atoms with Crippen LogP contribution >= 0.6 is 11.6 Å². The number of hydrogen-bond donors (Lipinski definition) is 1. The molecule has 1 aromatic carbocycles. The Bertz CT molecular complexity index is 479. The van der Waals surface area contributed by atoms with Crippen LogP contribution in [0.3, 0.4) is 0 Å². The highest BCUT2D eigenvalue weighted by Crippen LogP contribution is 2.34. The molecule has 1 aliphatic heterocycles. The van der Waals surface area contributed by atoms with Crippen LogP contribution < -0.4 is 15.0 Å². The smallest absolute Gasteiger partial charge is 0.265 e. The largest absolute Gasteiger partial charge is 0.482 e. The minimum atomic E-state index is -0.0119. The number of carbonyl (C=O) groups excluding carboxylic acids is 1. The second kappa shape index (κ2) is 6.95. The molecule has 1 heterocycles. The summed E-state index contributed by atoms with van der Waals surface area (Å²) in [7, 11) is 0. The first-order chi connectivity index (χ1) is 9.61. The first-order valence-electron chi connectivity index (χ1n) is 7.05. The second-order valence-corrected chi connectivity index (χ2v) is 5.65. The van der Waals surface area contributed by atoms with E-state index in [4.69, 9.17) is 16.3 Å². The van der Waals surface area contributed by atoms with Gasteiger partial charge >= 0.3 is 0 Å². The predicted octanol–water partition coefficient (Wildman–Crippen LogP) is 2.70. The van der Waals surface area contributed by atoms with Gasteiger partial charge in [0.1, 0.15) is 5.75 Å². The minimum absolute atomic E-state index is 0.0119. The maximum Gasteiger partial charge on any atom is 0.265 e. The molecule has 4 nitrogen and oxygen atoms in total. The van der Waals surface area contributed by atoms with E-state index in [1.54, 1.807) is 17.0 Å². The molecule has 0 fully saturated rings. The van der Waals surface area contributed by atoms with E-state index in [-0.39, 0.29) is 12.5 Å². The van der Waals surface area contributed by atoms with E-state index in [0.29, 0.717) is 17.5 Å². The maximum atomic E-state index is 12.1. The van der Waals surface area contributed by atoms with Crippen molar-refractivity contribution in [2.75, 3.05) is 31.1 Å². The summed E-state index contributed by atoms with van der Waals surface area (Å²) in [5.74, 6) is 1.08. The number of nitrogens with zero attached hydrogens (tertiary/aromatic N) is 1. The number of rotatable bonds is 6. The summed E-state index contributed by atoms with van der Waals surface area (Å²) in [5, 5.41) is 3.99. The number of amides is 1. The van der Waals surface area contributed by atoms with E-state index in [9.17, 15) is 4.79 Å². The summed E-state index contributed by atoms with van der Waals surface area (Å²) < 4.78 is 5.44. The van der Waals surface area contributed by atoms with E-state index in [2.05, 4.69) is 19.2 Å². The third-order valence-electron chi connectivity index (χ3n) is 3.28. The Morgan fingerprint density at radius 2 is 2.30 bits per heavy atom. The first kappa shape index (κ1) is 15.1. The number of nitrogens with one attached hydrogen (secondary N) is 1. The third-order valence-corrected chi connectivity index (χ3v) is 3.51. The normalized spacial score (nSPS) is 15.8. The van der Waals surface area contributed by atoms with Crippen molar-refractivity contribution in [3.63, 3.8) is 0 Å². The van der Waals surface area contributed by atoms with Crippen LogP contribution in [0.1, 0.15) is 20.3 Å². The molecule has 0 saturated heterocycles. The van der Waals surface area contributed by atoms with Crippen LogP contribution in [0.25, 0.3) is 0 Å². The van der Waals surface area contributed by atoms with Crippen molar-refractivity contribution in [2.45, 2.75) is 20.3 Å². The number of anilines is 1. The van der Waals surface area contributed by atoms with Gasteiger partial charge in [-0.2, -0.15) is 0 Å². The Morgan fingerprint density at radius 1 is 1.50 bits per heavy atom. The highest BCUT2D eigenvalue weighted by Gasteiger charge is 2.26. The Hall–Kier alpha value is -1.26. The van der Waals surface area contributed by atoms with E-state index in [1.165, 1.54) is 0 Å². The summed E-state index contributed by atoms with van der Waals surface area (Å²) in [5.41, 5.74) is 0.774. The van der Waals surface area contributed by atoms with E-state index >= 15 is 0 Å². The molecule has 0 saturated carbocycles. The van der Waals surface area contributed by atoms with Gasteiger partial charge in [0.05, 0.1) is 5.69 Å². The lowest BCUT2D eigenvalue weighted by Gasteiger charge is -2.31. The molecule has 1 unspecified atom stereocenters. The quantitative estimate of drug-likeness (QED) is 0.821. The average molecular weight is 297 g/mol. The molecule has 0 aliphatic carbocycles. The number of halogens is 1. The molecule has 0 aromatic heterocycles. The van der Waals surface area contributed by atoms with Gasteiger partial charge in [-0.15, -0.1) is 0 Å². The van der Waals surface area contributed by atoms with Gasteiger partial charge in [0.25, 0.3) is 5.91 Å². The first-order valence-corrected chi connectivity index (χ1v) is 7.43. The lowest BCUT2D eigenvalue weighted by atomic mass is 10.1. The molecule has 0 radical (unpaired) electrons. The SMILES string of the molecule is CCCNCC(C)CN1C(=O)COc2ccc(Cl)cc21. The molecule has 20 heavy (non-hydrogen) atoms. The molecular formula is C15H21ClN2O2. The lowest BCUT2D eigenvalue weighted by molar-refractivity contribution is -0.121. The van der Waals surface area contributed by atoms with Crippen molar-refractivity contribution in [1.29, 1.82) is 0 Å². The van der Waals surface area contributed by atoms with Gasteiger partial charge in [0.15, 0.2) is 6.61 Å². The summed E-state index contributed by atoms with van der Waals surface area (Å²) in [6, 6.07) is 5.39. The molecule has 0 bridgehead atoms.